The lowest BCUT2D eigenvalue weighted by atomic mass is 10.2. The Morgan fingerprint density at radius 1 is 1.19 bits per heavy atom. The second-order valence-corrected chi connectivity index (χ2v) is 7.27. The van der Waals surface area contributed by atoms with Crippen molar-refractivity contribution in [2.75, 3.05) is 11.2 Å². The number of rotatable bonds is 5. The van der Waals surface area contributed by atoms with Gasteiger partial charge in [-0.15, -0.1) is 10.2 Å². The smallest absolute Gasteiger partial charge is 0.237 e. The monoisotopic (exact) mass is 409 g/mol. The minimum Gasteiger partial charge on any atom is -0.335 e. The normalized spacial score (nSPS) is 12.0. The maximum absolute atomic E-state index is 13.1. The Bertz CT molecular complexity index is 980. The molecule has 2 aromatic carbocycles. The summed E-state index contributed by atoms with van der Waals surface area (Å²) >= 11 is 7.00. The zero-order valence-electron chi connectivity index (χ0n) is 14.0. The maximum atomic E-state index is 13.1. The second kappa shape index (κ2) is 7.93. The van der Waals surface area contributed by atoms with E-state index in [-0.39, 0.29) is 16.7 Å². The number of amides is 1. The Morgan fingerprint density at radius 3 is 2.52 bits per heavy atom. The van der Waals surface area contributed by atoms with Crippen LogP contribution in [0.25, 0.3) is 11.4 Å². The van der Waals surface area contributed by atoms with Crippen molar-refractivity contribution in [3.05, 3.63) is 59.1 Å². The van der Waals surface area contributed by atoms with E-state index in [9.17, 15) is 13.6 Å². The largest absolute Gasteiger partial charge is 0.335 e. The third kappa shape index (κ3) is 4.37. The zero-order chi connectivity index (χ0) is 19.6. The summed E-state index contributed by atoms with van der Waals surface area (Å²) < 4.78 is 27.4. The van der Waals surface area contributed by atoms with Gasteiger partial charge in [-0.25, -0.2) is 13.5 Å². The second-order valence-electron chi connectivity index (χ2n) is 5.56. The summed E-state index contributed by atoms with van der Waals surface area (Å²) in [5.74, 6) is 5.11. The third-order valence-corrected chi connectivity index (χ3v) is 4.98. The van der Waals surface area contributed by atoms with E-state index in [0.29, 0.717) is 22.2 Å². The number of nitrogens with one attached hydrogen (secondary N) is 1. The lowest BCUT2D eigenvalue weighted by molar-refractivity contribution is -0.115. The first-order chi connectivity index (χ1) is 12.8. The Hall–Kier alpha value is -2.65. The first kappa shape index (κ1) is 19.1. The highest BCUT2D eigenvalue weighted by Gasteiger charge is 2.20. The molecule has 3 aromatic rings. The zero-order valence-corrected chi connectivity index (χ0v) is 15.6. The number of benzene rings is 2. The number of carbonyl (C=O) groups excluding carboxylic acids is 1. The van der Waals surface area contributed by atoms with Crippen molar-refractivity contribution in [3.63, 3.8) is 0 Å². The fraction of sp³-hybridized carbons (Fsp3) is 0.118. The van der Waals surface area contributed by atoms with Crippen molar-refractivity contribution >= 4 is 35.0 Å². The number of nitrogen functional groups attached to an aromatic ring is 1. The maximum Gasteiger partial charge on any atom is 0.237 e. The number of nitrogens with zero attached hydrogens (tertiary/aromatic N) is 3. The fourth-order valence-corrected chi connectivity index (χ4v) is 3.17. The van der Waals surface area contributed by atoms with Gasteiger partial charge in [-0.3, -0.25) is 4.79 Å². The van der Waals surface area contributed by atoms with Gasteiger partial charge >= 0.3 is 0 Å². The summed E-state index contributed by atoms with van der Waals surface area (Å²) in [5, 5.41) is 10.4. The average molecular weight is 410 g/mol. The summed E-state index contributed by atoms with van der Waals surface area (Å²) in [6.45, 7) is 1.66. The first-order valence-electron chi connectivity index (χ1n) is 7.74. The molecular formula is C17H14ClF2N5OS. The molecule has 1 heterocycles. The lowest BCUT2D eigenvalue weighted by Gasteiger charge is -2.12. The van der Waals surface area contributed by atoms with Crippen LogP contribution in [0.3, 0.4) is 0 Å². The highest BCUT2D eigenvalue weighted by Crippen LogP contribution is 2.27. The number of hydrogen-bond donors (Lipinski definition) is 2. The van der Waals surface area contributed by atoms with Gasteiger partial charge in [0.1, 0.15) is 11.6 Å². The number of nitrogens with two attached hydrogens (primary N) is 1. The molecule has 0 aliphatic rings. The Kier molecular flexibility index (Phi) is 5.62. The highest BCUT2D eigenvalue weighted by atomic mass is 35.5. The van der Waals surface area contributed by atoms with Crippen molar-refractivity contribution < 1.29 is 13.6 Å². The summed E-state index contributed by atoms with van der Waals surface area (Å²) in [6, 6.07) is 9.34. The van der Waals surface area contributed by atoms with Crippen LogP contribution in [-0.4, -0.2) is 26.0 Å². The number of thioether (sulfide) groups is 1. The van der Waals surface area contributed by atoms with Crippen LogP contribution >= 0.6 is 23.4 Å². The van der Waals surface area contributed by atoms with E-state index in [2.05, 4.69) is 15.5 Å². The molecule has 0 bridgehead atoms. The van der Waals surface area contributed by atoms with Crippen LogP contribution < -0.4 is 11.2 Å². The van der Waals surface area contributed by atoms with Crippen molar-refractivity contribution in [1.82, 2.24) is 14.9 Å². The van der Waals surface area contributed by atoms with Gasteiger partial charge in [0.15, 0.2) is 5.82 Å². The van der Waals surface area contributed by atoms with Crippen LogP contribution in [0.5, 0.6) is 0 Å². The van der Waals surface area contributed by atoms with Crippen LogP contribution in [0.4, 0.5) is 14.5 Å². The quantitative estimate of drug-likeness (QED) is 0.495. The molecule has 3 N–H and O–H groups in total. The lowest BCUT2D eigenvalue weighted by Crippen LogP contribution is -2.23. The van der Waals surface area contributed by atoms with E-state index in [1.807, 2.05) is 0 Å². The van der Waals surface area contributed by atoms with Gasteiger partial charge < -0.3 is 11.2 Å². The van der Waals surface area contributed by atoms with E-state index < -0.39 is 11.1 Å². The van der Waals surface area contributed by atoms with Crippen LogP contribution in [-0.2, 0) is 4.79 Å². The van der Waals surface area contributed by atoms with Gasteiger partial charge in [0.05, 0.1) is 16.0 Å². The Balaban J connectivity index is 1.71. The molecule has 6 nitrogen and oxygen atoms in total. The summed E-state index contributed by atoms with van der Waals surface area (Å²) in [7, 11) is 0. The number of hydrogen-bond acceptors (Lipinski definition) is 5. The summed E-state index contributed by atoms with van der Waals surface area (Å²) in [5.41, 5.74) is 0.894. The molecular weight excluding hydrogens is 396 g/mol. The van der Waals surface area contributed by atoms with Crippen LogP contribution in [0.2, 0.25) is 5.02 Å². The van der Waals surface area contributed by atoms with Crippen molar-refractivity contribution in [1.29, 1.82) is 0 Å². The first-order valence-corrected chi connectivity index (χ1v) is 9.00. The van der Waals surface area contributed by atoms with Gasteiger partial charge in [0, 0.05) is 5.56 Å². The van der Waals surface area contributed by atoms with E-state index in [4.69, 9.17) is 17.4 Å². The van der Waals surface area contributed by atoms with E-state index >= 15 is 0 Å². The average Bonchev–Trinajstić information content (AvgIpc) is 2.98. The molecule has 0 aliphatic carbocycles. The Labute approximate surface area is 162 Å². The van der Waals surface area contributed by atoms with Crippen molar-refractivity contribution in [3.8, 4) is 11.4 Å². The minimum atomic E-state index is -0.585. The number of anilines is 1. The molecule has 1 aromatic heterocycles. The number of carbonyl (C=O) groups is 1. The van der Waals surface area contributed by atoms with Crippen LogP contribution in [0.1, 0.15) is 6.92 Å². The minimum absolute atomic E-state index is 0.0983. The molecule has 10 heteroatoms. The van der Waals surface area contributed by atoms with Gasteiger partial charge in [-0.1, -0.05) is 23.4 Å². The van der Waals surface area contributed by atoms with Crippen LogP contribution in [0.15, 0.2) is 47.6 Å². The Morgan fingerprint density at radius 2 is 1.85 bits per heavy atom. The van der Waals surface area contributed by atoms with Gasteiger partial charge in [0.25, 0.3) is 0 Å². The number of aromatic nitrogens is 3. The molecule has 0 fully saturated rings. The fourth-order valence-electron chi connectivity index (χ4n) is 2.19. The summed E-state index contributed by atoms with van der Waals surface area (Å²) in [4.78, 5) is 12.4. The molecule has 1 amide bonds. The van der Waals surface area contributed by atoms with Crippen LogP contribution in [0, 0.1) is 11.6 Å². The number of halogens is 3. The van der Waals surface area contributed by atoms with E-state index in [1.165, 1.54) is 41.1 Å². The SMILES string of the molecule is C[C@@H](Sc1nnc(-c2ccc(F)cc2)n1N)C(=O)Nc1ccc(F)cc1Cl. The molecule has 3 rings (SSSR count). The van der Waals surface area contributed by atoms with Crippen molar-refractivity contribution in [2.24, 2.45) is 0 Å². The predicted molar refractivity (Wildman–Crippen MR) is 101 cm³/mol. The standard InChI is InChI=1S/C17H14ClF2N5OS/c1-9(16(26)22-14-7-6-12(20)8-13(14)18)27-17-24-23-15(25(17)21)10-2-4-11(19)5-3-10/h2-9H,21H2,1H3,(H,22,26)/t9-/m1/s1. The van der Waals surface area contributed by atoms with Gasteiger partial charge in [-0.2, -0.15) is 0 Å². The highest BCUT2D eigenvalue weighted by molar-refractivity contribution is 8.00. The summed E-state index contributed by atoms with van der Waals surface area (Å²) in [6.07, 6.45) is 0. The van der Waals surface area contributed by atoms with Gasteiger partial charge in [-0.05, 0) is 49.4 Å². The molecule has 0 saturated carbocycles. The molecule has 0 aliphatic heterocycles. The van der Waals surface area contributed by atoms with E-state index in [1.54, 1.807) is 6.92 Å². The molecule has 0 radical (unpaired) electrons. The van der Waals surface area contributed by atoms with Crippen molar-refractivity contribution in [2.45, 2.75) is 17.3 Å². The molecule has 1 atom stereocenters. The molecule has 0 saturated heterocycles. The molecule has 27 heavy (non-hydrogen) atoms. The third-order valence-electron chi connectivity index (χ3n) is 3.61. The van der Waals surface area contributed by atoms with Gasteiger partial charge in [0.2, 0.25) is 11.1 Å². The molecule has 140 valence electrons. The molecule has 0 spiro atoms. The topological polar surface area (TPSA) is 85.8 Å². The predicted octanol–water partition coefficient (Wildman–Crippen LogP) is 3.71. The van der Waals surface area contributed by atoms with E-state index in [0.717, 1.165) is 17.8 Å². The molecule has 0 unspecified atom stereocenters.